The minimum absolute atomic E-state index is 0.290. The summed E-state index contributed by atoms with van der Waals surface area (Å²) in [6.07, 6.45) is 5.07. The molecule has 0 aliphatic rings. The van der Waals surface area contributed by atoms with Gasteiger partial charge in [0.05, 0.1) is 28.4 Å². The Morgan fingerprint density at radius 3 is 1.52 bits per heavy atom. The minimum atomic E-state index is -0.523. The number of aldehydes is 3. The molecule has 3 rings (SSSR count). The van der Waals surface area contributed by atoms with E-state index in [0.29, 0.717) is 34.5 Å². The Morgan fingerprint density at radius 1 is 0.609 bits per heavy atom. The second-order valence-electron chi connectivity index (χ2n) is 9.30. The number of carbonyl (C=O) groups excluding carboxylic acids is 4. The average Bonchev–Trinajstić information content (AvgIpc) is 3.07. The van der Waals surface area contributed by atoms with Crippen molar-refractivity contribution < 1.29 is 42.9 Å². The number of hydrogen-bond donors (Lipinski definition) is 0. The van der Waals surface area contributed by atoms with Crippen LogP contribution in [0.5, 0.6) is 28.7 Å². The molecule has 0 N–H and O–H groups in total. The maximum absolute atomic E-state index is 11.5. The summed E-state index contributed by atoms with van der Waals surface area (Å²) in [6.45, 7) is 15.0. The Morgan fingerprint density at radius 2 is 1.09 bits per heavy atom. The summed E-state index contributed by atoms with van der Waals surface area (Å²) in [5.41, 5.74) is 4.36. The highest BCUT2D eigenvalue weighted by atomic mass is 16.6. The predicted molar refractivity (Wildman–Crippen MR) is 182 cm³/mol. The van der Waals surface area contributed by atoms with Crippen LogP contribution in [0.4, 0.5) is 0 Å². The van der Waals surface area contributed by atoms with Gasteiger partial charge in [0.1, 0.15) is 24.6 Å². The molecule has 3 aromatic rings. The van der Waals surface area contributed by atoms with E-state index in [0.717, 1.165) is 46.5 Å². The van der Waals surface area contributed by atoms with Gasteiger partial charge in [0.15, 0.2) is 23.0 Å². The molecule has 0 bridgehead atoms. The van der Waals surface area contributed by atoms with Crippen molar-refractivity contribution >= 4 is 30.9 Å². The predicted octanol–water partition coefficient (Wildman–Crippen LogP) is 7.29. The summed E-state index contributed by atoms with van der Waals surface area (Å²) < 4.78 is 25.9. The SMILES string of the molecule is C=C(C)C(=O)Oc1cc(/C=C/C=O)ccc1OC.C=C(C)C=O.C=C(C)C=O.COc1ccc(-c2ccc(OC)c(OC)c2)cc1. The van der Waals surface area contributed by atoms with Crippen LogP contribution in [0, 0.1) is 0 Å². The van der Waals surface area contributed by atoms with Gasteiger partial charge in [0.2, 0.25) is 0 Å². The van der Waals surface area contributed by atoms with E-state index in [9.17, 15) is 19.2 Å². The maximum atomic E-state index is 11.5. The van der Waals surface area contributed by atoms with E-state index in [-0.39, 0.29) is 0 Å². The van der Waals surface area contributed by atoms with E-state index in [1.807, 2.05) is 42.5 Å². The second-order valence-corrected chi connectivity index (χ2v) is 9.30. The van der Waals surface area contributed by atoms with E-state index in [1.54, 1.807) is 66.4 Å². The van der Waals surface area contributed by atoms with Crippen LogP contribution in [-0.2, 0) is 19.2 Å². The summed E-state index contributed by atoms with van der Waals surface area (Å²) in [5.74, 6) is 2.51. The lowest BCUT2D eigenvalue weighted by molar-refractivity contribution is -0.130. The molecule has 0 fully saturated rings. The fourth-order valence-corrected chi connectivity index (χ4v) is 3.01. The zero-order valence-corrected chi connectivity index (χ0v) is 27.5. The first kappa shape index (κ1) is 40.3. The van der Waals surface area contributed by atoms with Gasteiger partial charge in [-0.2, -0.15) is 0 Å². The van der Waals surface area contributed by atoms with Crippen molar-refractivity contribution in [1.82, 2.24) is 0 Å². The van der Waals surface area contributed by atoms with Crippen molar-refractivity contribution in [1.29, 1.82) is 0 Å². The molecule has 3 aromatic carbocycles. The fraction of sp³-hybridized carbons (Fsp3) is 0.189. The molecule has 0 aliphatic heterocycles. The van der Waals surface area contributed by atoms with Gasteiger partial charge in [-0.3, -0.25) is 14.4 Å². The van der Waals surface area contributed by atoms with Crippen LogP contribution < -0.4 is 23.7 Å². The van der Waals surface area contributed by atoms with Gasteiger partial charge in [0.25, 0.3) is 0 Å². The summed E-state index contributed by atoms with van der Waals surface area (Å²) >= 11 is 0. The Bertz CT molecular complexity index is 1480. The number of ether oxygens (including phenoxy) is 5. The van der Waals surface area contributed by atoms with Crippen LogP contribution in [0.2, 0.25) is 0 Å². The van der Waals surface area contributed by atoms with Crippen LogP contribution in [0.15, 0.2) is 103 Å². The topological polar surface area (TPSA) is 114 Å². The Balaban J connectivity index is 0.000000682. The van der Waals surface area contributed by atoms with Crippen molar-refractivity contribution in [2.24, 2.45) is 0 Å². The summed E-state index contributed by atoms with van der Waals surface area (Å²) in [4.78, 5) is 40.5. The van der Waals surface area contributed by atoms with Crippen LogP contribution in [-0.4, -0.2) is 53.3 Å². The molecule has 0 amide bonds. The molecule has 244 valence electrons. The molecular weight excluding hydrogens is 588 g/mol. The number of esters is 1. The molecule has 46 heavy (non-hydrogen) atoms. The third-order valence-corrected chi connectivity index (χ3v) is 5.32. The van der Waals surface area contributed by atoms with E-state index in [1.165, 1.54) is 13.2 Å². The van der Waals surface area contributed by atoms with Gasteiger partial charge in [-0.25, -0.2) is 4.79 Å². The molecule has 0 saturated carbocycles. The molecule has 0 heterocycles. The first-order chi connectivity index (χ1) is 21.9. The molecule has 0 saturated heterocycles. The van der Waals surface area contributed by atoms with Crippen molar-refractivity contribution in [3.63, 3.8) is 0 Å². The Labute approximate surface area is 271 Å². The highest BCUT2D eigenvalue weighted by Gasteiger charge is 2.11. The number of methoxy groups -OCH3 is 4. The van der Waals surface area contributed by atoms with Crippen molar-refractivity contribution in [2.75, 3.05) is 28.4 Å². The highest BCUT2D eigenvalue weighted by molar-refractivity contribution is 5.89. The first-order valence-electron chi connectivity index (χ1n) is 13.7. The van der Waals surface area contributed by atoms with E-state index in [4.69, 9.17) is 23.7 Å². The third kappa shape index (κ3) is 15.7. The van der Waals surface area contributed by atoms with Gasteiger partial charge in [-0.05, 0) is 91.1 Å². The third-order valence-electron chi connectivity index (χ3n) is 5.32. The molecule has 0 aromatic heterocycles. The Kier molecular flexibility index (Phi) is 20.0. The summed E-state index contributed by atoms with van der Waals surface area (Å²) in [7, 11) is 6.40. The number of hydrogen-bond acceptors (Lipinski definition) is 9. The average molecular weight is 631 g/mol. The van der Waals surface area contributed by atoms with E-state index >= 15 is 0 Å². The van der Waals surface area contributed by atoms with Gasteiger partial charge in [-0.15, -0.1) is 0 Å². The van der Waals surface area contributed by atoms with Gasteiger partial charge >= 0.3 is 5.97 Å². The maximum Gasteiger partial charge on any atom is 0.338 e. The van der Waals surface area contributed by atoms with Gasteiger partial charge < -0.3 is 23.7 Å². The van der Waals surface area contributed by atoms with Gasteiger partial charge in [0, 0.05) is 5.57 Å². The van der Waals surface area contributed by atoms with E-state index < -0.39 is 5.97 Å². The largest absolute Gasteiger partial charge is 0.497 e. The monoisotopic (exact) mass is 630 g/mol. The molecule has 0 spiro atoms. The summed E-state index contributed by atoms with van der Waals surface area (Å²) in [6, 6.07) is 18.8. The fourth-order valence-electron chi connectivity index (χ4n) is 3.01. The normalized spacial score (nSPS) is 9.28. The minimum Gasteiger partial charge on any atom is -0.497 e. The number of carbonyl (C=O) groups is 4. The number of allylic oxidation sites excluding steroid dienone is 3. The molecule has 0 atom stereocenters. The molecule has 9 nitrogen and oxygen atoms in total. The Hall–Kier alpha value is -5.70. The molecule has 9 heteroatoms. The van der Waals surface area contributed by atoms with Crippen molar-refractivity contribution in [3.8, 4) is 39.9 Å². The quantitative estimate of drug-likeness (QED) is 0.0932. The van der Waals surface area contributed by atoms with Crippen LogP contribution in [0.3, 0.4) is 0 Å². The first-order valence-corrected chi connectivity index (χ1v) is 13.7. The molecule has 0 unspecified atom stereocenters. The van der Waals surface area contributed by atoms with Crippen LogP contribution in [0.25, 0.3) is 17.2 Å². The standard InChI is InChI=1S/C15H16O3.C14H14O4.2C4H6O/c1-16-13-7-4-11(5-8-13)12-6-9-14(17-2)15(10-12)18-3;1-10(2)14(16)18-13-9-11(5-4-8-15)6-7-12(13)17-3;2*1-4(2)3-5/h4-10H,1-3H3;4-9H,1H2,2-3H3;2*3H,1H2,2H3/b;5-4+;;. The number of rotatable bonds is 11. The van der Waals surface area contributed by atoms with E-state index in [2.05, 4.69) is 19.7 Å². The lowest BCUT2D eigenvalue weighted by Gasteiger charge is -2.10. The second kappa shape index (κ2) is 22.8. The van der Waals surface area contributed by atoms with Gasteiger partial charge in [-0.1, -0.05) is 50.1 Å². The van der Waals surface area contributed by atoms with Crippen molar-refractivity contribution in [2.45, 2.75) is 20.8 Å². The highest BCUT2D eigenvalue weighted by Crippen LogP contribution is 2.33. The van der Waals surface area contributed by atoms with Crippen molar-refractivity contribution in [3.05, 3.63) is 109 Å². The lowest BCUT2D eigenvalue weighted by Crippen LogP contribution is -2.09. The van der Waals surface area contributed by atoms with Crippen LogP contribution in [0.1, 0.15) is 26.3 Å². The zero-order chi connectivity index (χ0) is 35.1. The molecular formula is C37H42O9. The smallest absolute Gasteiger partial charge is 0.338 e. The summed E-state index contributed by atoms with van der Waals surface area (Å²) in [5, 5.41) is 0. The van der Waals surface area contributed by atoms with Crippen LogP contribution >= 0.6 is 0 Å². The lowest BCUT2D eigenvalue weighted by atomic mass is 10.1. The molecule has 0 aliphatic carbocycles. The molecule has 0 radical (unpaired) electrons. The zero-order valence-electron chi connectivity index (χ0n) is 27.5. The number of benzene rings is 3.